The summed E-state index contributed by atoms with van der Waals surface area (Å²) in [5.41, 5.74) is 1.67. The molecule has 166 valence electrons. The van der Waals surface area contributed by atoms with Crippen molar-refractivity contribution in [3.05, 3.63) is 63.5 Å². The number of ether oxygens (including phenoxy) is 2. The van der Waals surface area contributed by atoms with Gasteiger partial charge in [0, 0.05) is 7.05 Å². The van der Waals surface area contributed by atoms with Crippen LogP contribution in [0.25, 0.3) is 6.08 Å². The highest BCUT2D eigenvalue weighted by Crippen LogP contribution is 2.34. The van der Waals surface area contributed by atoms with Crippen LogP contribution in [0.4, 0.5) is 5.69 Å². The summed E-state index contributed by atoms with van der Waals surface area (Å²) < 4.78 is 10.1. The lowest BCUT2D eigenvalue weighted by Crippen LogP contribution is -2.23. The molecule has 1 N–H and O–H groups in total. The van der Waals surface area contributed by atoms with E-state index in [1.165, 1.54) is 16.7 Å². The molecule has 0 aromatic heterocycles. The topological polar surface area (TPSA) is 106 Å². The standard InChI is InChI=1S/C22H19ClN2O6S/c1-3-30-21(29)14-5-7-15(8-6-14)24-22-25(2)20(28)18(32-22)11-13-4-9-17(16(23)10-13)31-12-19(26)27/h4-11H,3,12H2,1-2H3,(H,26,27)/b18-11+,24-22?. The molecule has 1 fully saturated rings. The third-order valence-corrected chi connectivity index (χ3v) is 5.57. The number of carboxylic acid groups (broad SMARTS) is 1. The minimum absolute atomic E-state index is 0.223. The van der Waals surface area contributed by atoms with Gasteiger partial charge in [0.2, 0.25) is 0 Å². The number of amidine groups is 1. The second kappa shape index (κ2) is 10.3. The van der Waals surface area contributed by atoms with Crippen molar-refractivity contribution < 1.29 is 29.0 Å². The fourth-order valence-electron chi connectivity index (χ4n) is 2.66. The summed E-state index contributed by atoms with van der Waals surface area (Å²) in [7, 11) is 1.62. The molecule has 2 aromatic carbocycles. The van der Waals surface area contributed by atoms with Crippen LogP contribution in [-0.4, -0.2) is 53.3 Å². The first-order chi connectivity index (χ1) is 15.3. The molecule has 0 unspecified atom stereocenters. The number of thioether (sulfide) groups is 1. The predicted octanol–water partition coefficient (Wildman–Crippen LogP) is 4.21. The Morgan fingerprint density at radius 1 is 1.22 bits per heavy atom. The van der Waals surface area contributed by atoms with Gasteiger partial charge < -0.3 is 14.6 Å². The second-order valence-electron chi connectivity index (χ2n) is 6.51. The second-order valence-corrected chi connectivity index (χ2v) is 7.93. The first kappa shape index (κ1) is 23.4. The number of nitrogens with zero attached hydrogens (tertiary/aromatic N) is 2. The molecule has 1 aliphatic rings. The molecule has 8 nitrogen and oxygen atoms in total. The summed E-state index contributed by atoms with van der Waals surface area (Å²) in [6.07, 6.45) is 1.67. The number of likely N-dealkylation sites (N-methyl/N-ethyl adjacent to an activating group) is 1. The molecule has 32 heavy (non-hydrogen) atoms. The maximum Gasteiger partial charge on any atom is 0.341 e. The molecule has 2 aromatic rings. The molecule has 10 heteroatoms. The molecule has 1 saturated heterocycles. The van der Waals surface area contributed by atoms with E-state index in [0.717, 1.165) is 0 Å². The summed E-state index contributed by atoms with van der Waals surface area (Å²) in [4.78, 5) is 41.4. The number of carbonyl (C=O) groups is 3. The van der Waals surface area contributed by atoms with Gasteiger partial charge in [0.25, 0.3) is 5.91 Å². The Morgan fingerprint density at radius 3 is 2.56 bits per heavy atom. The van der Waals surface area contributed by atoms with Crippen molar-refractivity contribution in [2.45, 2.75) is 6.92 Å². The van der Waals surface area contributed by atoms with Crippen molar-refractivity contribution in [2.24, 2.45) is 4.99 Å². The van der Waals surface area contributed by atoms with Crippen molar-refractivity contribution in [2.75, 3.05) is 20.3 Å². The molecule has 0 atom stereocenters. The Balaban J connectivity index is 1.76. The van der Waals surface area contributed by atoms with E-state index in [-0.39, 0.29) is 16.7 Å². The SMILES string of the molecule is CCOC(=O)c1ccc(N=C2S/C(=C/c3ccc(OCC(=O)O)c(Cl)c3)C(=O)N2C)cc1. The number of aliphatic carboxylic acids is 1. The van der Waals surface area contributed by atoms with Gasteiger partial charge in [-0.05, 0) is 66.7 Å². The number of benzene rings is 2. The Hall–Kier alpha value is -3.30. The number of hydrogen-bond acceptors (Lipinski definition) is 7. The number of aliphatic imine (C=N–C) groups is 1. The minimum atomic E-state index is -1.11. The number of amides is 1. The fraction of sp³-hybridized carbons (Fsp3) is 0.182. The van der Waals surface area contributed by atoms with E-state index < -0.39 is 18.5 Å². The van der Waals surface area contributed by atoms with Crippen molar-refractivity contribution in [1.82, 2.24) is 4.90 Å². The summed E-state index contributed by atoms with van der Waals surface area (Å²) in [6, 6.07) is 11.4. The van der Waals surface area contributed by atoms with E-state index in [2.05, 4.69) is 4.99 Å². The first-order valence-corrected chi connectivity index (χ1v) is 10.7. The highest BCUT2D eigenvalue weighted by atomic mass is 35.5. The van der Waals surface area contributed by atoms with Gasteiger partial charge in [0.05, 0.1) is 27.8 Å². The van der Waals surface area contributed by atoms with Gasteiger partial charge in [-0.3, -0.25) is 9.69 Å². The zero-order chi connectivity index (χ0) is 23.3. The smallest absolute Gasteiger partial charge is 0.341 e. The molecule has 0 aliphatic carbocycles. The molecular weight excluding hydrogens is 456 g/mol. The lowest BCUT2D eigenvalue weighted by Gasteiger charge is -2.07. The van der Waals surface area contributed by atoms with Crippen LogP contribution in [0.5, 0.6) is 5.75 Å². The van der Waals surface area contributed by atoms with Gasteiger partial charge in [0.15, 0.2) is 11.8 Å². The van der Waals surface area contributed by atoms with Crippen LogP contribution in [0.3, 0.4) is 0 Å². The van der Waals surface area contributed by atoms with E-state index in [9.17, 15) is 14.4 Å². The summed E-state index contributed by atoms with van der Waals surface area (Å²) in [6.45, 7) is 1.54. The Morgan fingerprint density at radius 2 is 1.94 bits per heavy atom. The lowest BCUT2D eigenvalue weighted by molar-refractivity contribution is -0.139. The Kier molecular flexibility index (Phi) is 7.55. The molecule has 0 bridgehead atoms. The van der Waals surface area contributed by atoms with E-state index in [0.29, 0.717) is 33.5 Å². The number of carboxylic acids is 1. The molecule has 0 spiro atoms. The van der Waals surface area contributed by atoms with Crippen LogP contribution in [0, 0.1) is 0 Å². The van der Waals surface area contributed by atoms with Crippen LogP contribution in [-0.2, 0) is 14.3 Å². The van der Waals surface area contributed by atoms with Gasteiger partial charge in [-0.1, -0.05) is 17.7 Å². The van der Waals surface area contributed by atoms with Crippen molar-refractivity contribution in [3.8, 4) is 5.75 Å². The molecule has 0 radical (unpaired) electrons. The normalized spacial score (nSPS) is 16.0. The van der Waals surface area contributed by atoms with Crippen LogP contribution in [0.1, 0.15) is 22.8 Å². The third kappa shape index (κ3) is 5.68. The molecule has 0 saturated carbocycles. The van der Waals surface area contributed by atoms with E-state index in [1.807, 2.05) is 0 Å². The summed E-state index contributed by atoms with van der Waals surface area (Å²) >= 11 is 7.35. The van der Waals surface area contributed by atoms with Crippen molar-refractivity contribution >= 4 is 58.1 Å². The highest BCUT2D eigenvalue weighted by molar-refractivity contribution is 8.18. The van der Waals surface area contributed by atoms with Gasteiger partial charge >= 0.3 is 11.9 Å². The Labute approximate surface area is 193 Å². The Bertz CT molecular complexity index is 1110. The zero-order valence-corrected chi connectivity index (χ0v) is 18.8. The van der Waals surface area contributed by atoms with Crippen LogP contribution in [0.15, 0.2) is 52.4 Å². The van der Waals surface area contributed by atoms with E-state index >= 15 is 0 Å². The van der Waals surface area contributed by atoms with Crippen LogP contribution >= 0.6 is 23.4 Å². The summed E-state index contributed by atoms with van der Waals surface area (Å²) in [5.74, 6) is -1.49. The van der Waals surface area contributed by atoms with Gasteiger partial charge in [-0.25, -0.2) is 14.6 Å². The predicted molar refractivity (Wildman–Crippen MR) is 122 cm³/mol. The maximum absolute atomic E-state index is 12.6. The largest absolute Gasteiger partial charge is 0.480 e. The van der Waals surface area contributed by atoms with Crippen molar-refractivity contribution in [3.63, 3.8) is 0 Å². The molecule has 3 rings (SSSR count). The number of halogens is 1. The average Bonchev–Trinajstić information content (AvgIpc) is 3.01. The minimum Gasteiger partial charge on any atom is -0.480 e. The number of hydrogen-bond donors (Lipinski definition) is 1. The monoisotopic (exact) mass is 474 g/mol. The maximum atomic E-state index is 12.6. The van der Waals surface area contributed by atoms with Gasteiger partial charge in [0.1, 0.15) is 5.75 Å². The third-order valence-electron chi connectivity index (χ3n) is 4.21. The van der Waals surface area contributed by atoms with E-state index in [1.54, 1.807) is 62.5 Å². The molecule has 1 amide bonds. The zero-order valence-electron chi connectivity index (χ0n) is 17.2. The van der Waals surface area contributed by atoms with Gasteiger partial charge in [-0.2, -0.15) is 0 Å². The van der Waals surface area contributed by atoms with E-state index in [4.69, 9.17) is 26.2 Å². The fourth-order valence-corrected chi connectivity index (χ4v) is 3.89. The molecule has 1 aliphatic heterocycles. The average molecular weight is 475 g/mol. The van der Waals surface area contributed by atoms with Gasteiger partial charge in [-0.15, -0.1) is 0 Å². The number of rotatable bonds is 7. The van der Waals surface area contributed by atoms with Crippen LogP contribution < -0.4 is 4.74 Å². The molecular formula is C22H19ClN2O6S. The number of carbonyl (C=O) groups excluding carboxylic acids is 2. The number of esters is 1. The quantitative estimate of drug-likeness (QED) is 0.473. The first-order valence-electron chi connectivity index (χ1n) is 9.46. The summed E-state index contributed by atoms with van der Waals surface area (Å²) in [5, 5.41) is 9.42. The molecule has 1 heterocycles. The lowest BCUT2D eigenvalue weighted by atomic mass is 10.2. The highest BCUT2D eigenvalue weighted by Gasteiger charge is 2.30. The van der Waals surface area contributed by atoms with Crippen LogP contribution in [0.2, 0.25) is 5.02 Å². The van der Waals surface area contributed by atoms with Crippen molar-refractivity contribution in [1.29, 1.82) is 0 Å².